The fraction of sp³-hybridized carbons (Fsp3) is 0. The summed E-state index contributed by atoms with van der Waals surface area (Å²) >= 11 is 0. The predicted molar refractivity (Wildman–Crippen MR) is 68.4 cm³/mol. The molecule has 2 aromatic rings. The first-order valence-corrected chi connectivity index (χ1v) is 5.48. The summed E-state index contributed by atoms with van der Waals surface area (Å²) in [6.07, 6.45) is 1.06. The fourth-order valence-corrected chi connectivity index (χ4v) is 1.36. The molecule has 1 heterocycles. The molecule has 2 rings (SSSR count). The van der Waals surface area contributed by atoms with Crippen LogP contribution in [0.2, 0.25) is 0 Å². The van der Waals surface area contributed by atoms with Crippen LogP contribution in [0.5, 0.6) is 0 Å². The molecule has 0 spiro atoms. The molecule has 0 fully saturated rings. The van der Waals surface area contributed by atoms with Crippen molar-refractivity contribution in [1.29, 1.82) is 0 Å². The van der Waals surface area contributed by atoms with Gasteiger partial charge in [0, 0.05) is 11.6 Å². The molecule has 1 aromatic heterocycles. The van der Waals surface area contributed by atoms with Gasteiger partial charge in [-0.25, -0.2) is 9.37 Å². The maximum atomic E-state index is 12.7. The highest BCUT2D eigenvalue weighted by atomic mass is 19.1. The zero-order valence-corrected chi connectivity index (χ0v) is 10.0. The first-order valence-electron chi connectivity index (χ1n) is 5.48. The van der Waals surface area contributed by atoms with E-state index in [1.54, 1.807) is 0 Å². The third kappa shape index (κ3) is 3.25. The number of nitrogens with zero attached hydrogens (tertiary/aromatic N) is 2. The van der Waals surface area contributed by atoms with Gasteiger partial charge < -0.3 is 0 Å². The van der Waals surface area contributed by atoms with Gasteiger partial charge in [0.25, 0.3) is 11.6 Å². The lowest BCUT2D eigenvalue weighted by atomic mass is 10.2. The Morgan fingerprint density at radius 3 is 2.45 bits per heavy atom. The fourth-order valence-electron chi connectivity index (χ4n) is 1.36. The van der Waals surface area contributed by atoms with Gasteiger partial charge >= 0.3 is 0 Å². The molecule has 0 unspecified atom stereocenters. The molecule has 102 valence electrons. The number of carbonyl (C=O) groups excluding carboxylic acids is 1. The molecule has 0 atom stereocenters. The predicted octanol–water partition coefficient (Wildman–Crippen LogP) is 1.89. The molecule has 1 aromatic carbocycles. The molecule has 0 aliphatic carbocycles. The molecule has 8 heteroatoms. The van der Waals surface area contributed by atoms with Crippen LogP contribution in [0.15, 0.2) is 42.6 Å². The molecule has 0 saturated carbocycles. The molecule has 0 saturated heterocycles. The third-order valence-electron chi connectivity index (χ3n) is 2.37. The molecule has 1 amide bonds. The van der Waals surface area contributed by atoms with E-state index in [0.29, 0.717) is 0 Å². The maximum Gasteiger partial charge on any atom is 0.287 e. The van der Waals surface area contributed by atoms with E-state index in [1.807, 2.05) is 0 Å². The summed E-state index contributed by atoms with van der Waals surface area (Å²) in [6, 6.07) is 7.59. The third-order valence-corrected chi connectivity index (χ3v) is 2.37. The zero-order chi connectivity index (χ0) is 14.5. The number of pyridine rings is 1. The quantitative estimate of drug-likeness (QED) is 0.656. The van der Waals surface area contributed by atoms with Crippen molar-refractivity contribution in [2.75, 3.05) is 5.43 Å². The summed E-state index contributed by atoms with van der Waals surface area (Å²) in [4.78, 5) is 25.3. The molecule has 7 nitrogen and oxygen atoms in total. The van der Waals surface area contributed by atoms with Crippen LogP contribution in [-0.2, 0) is 0 Å². The van der Waals surface area contributed by atoms with E-state index >= 15 is 0 Å². The average molecular weight is 276 g/mol. The summed E-state index contributed by atoms with van der Waals surface area (Å²) in [5, 5.41) is 10.4. The van der Waals surface area contributed by atoms with Crippen molar-refractivity contribution in [3.8, 4) is 0 Å². The second-order valence-electron chi connectivity index (χ2n) is 3.74. The highest BCUT2D eigenvalue weighted by Gasteiger charge is 2.07. The highest BCUT2D eigenvalue weighted by molar-refractivity contribution is 5.94. The molecular formula is C12H9FN4O3. The number of carbonyl (C=O) groups is 1. The van der Waals surface area contributed by atoms with Crippen molar-refractivity contribution in [3.63, 3.8) is 0 Å². The topological polar surface area (TPSA) is 97.2 Å². The minimum atomic E-state index is -0.576. The lowest BCUT2D eigenvalue weighted by Crippen LogP contribution is -2.29. The van der Waals surface area contributed by atoms with Crippen LogP contribution < -0.4 is 10.9 Å². The summed E-state index contributed by atoms with van der Waals surface area (Å²) in [5.41, 5.74) is 4.95. The number of hydrazine groups is 1. The van der Waals surface area contributed by atoms with Gasteiger partial charge in [-0.05, 0) is 30.3 Å². The lowest BCUT2D eigenvalue weighted by molar-refractivity contribution is -0.385. The molecule has 0 radical (unpaired) electrons. The van der Waals surface area contributed by atoms with Crippen LogP contribution >= 0.6 is 0 Å². The molecular weight excluding hydrogens is 267 g/mol. The van der Waals surface area contributed by atoms with Gasteiger partial charge in [-0.1, -0.05) is 0 Å². The molecule has 0 aliphatic rings. The average Bonchev–Trinajstić information content (AvgIpc) is 2.46. The number of amides is 1. The highest BCUT2D eigenvalue weighted by Crippen LogP contribution is 2.11. The van der Waals surface area contributed by atoms with Gasteiger partial charge in [-0.15, -0.1) is 0 Å². The number of anilines is 1. The number of benzene rings is 1. The number of halogens is 1. The van der Waals surface area contributed by atoms with Crippen LogP contribution in [0.3, 0.4) is 0 Å². The van der Waals surface area contributed by atoms with Crippen molar-refractivity contribution >= 4 is 17.4 Å². The Labute approximate surface area is 112 Å². The standard InChI is InChI=1S/C12H9FN4O3/c13-9-3-1-8(2-4-9)12(18)16-15-11-6-5-10(7-14-11)17(19)20/h1-7H,(H,14,15)(H,16,18). The van der Waals surface area contributed by atoms with Gasteiger partial charge in [0.15, 0.2) is 0 Å². The van der Waals surface area contributed by atoms with E-state index in [-0.39, 0.29) is 17.1 Å². The Balaban J connectivity index is 1.96. The minimum Gasteiger partial charge on any atom is -0.282 e. The van der Waals surface area contributed by atoms with E-state index in [2.05, 4.69) is 15.8 Å². The van der Waals surface area contributed by atoms with Gasteiger partial charge in [-0.2, -0.15) is 0 Å². The van der Waals surface area contributed by atoms with Crippen molar-refractivity contribution in [1.82, 2.24) is 10.4 Å². The van der Waals surface area contributed by atoms with Crippen LogP contribution in [0.1, 0.15) is 10.4 Å². The van der Waals surface area contributed by atoms with Gasteiger partial charge in [0.05, 0.1) is 4.92 Å². The Hall–Kier alpha value is -3.03. The first kappa shape index (κ1) is 13.4. The zero-order valence-electron chi connectivity index (χ0n) is 10.0. The van der Waals surface area contributed by atoms with Crippen LogP contribution in [-0.4, -0.2) is 15.8 Å². The van der Waals surface area contributed by atoms with Crippen molar-refractivity contribution in [3.05, 3.63) is 64.1 Å². The molecule has 20 heavy (non-hydrogen) atoms. The summed E-state index contributed by atoms with van der Waals surface area (Å²) < 4.78 is 12.7. The van der Waals surface area contributed by atoms with Crippen molar-refractivity contribution < 1.29 is 14.1 Å². The minimum absolute atomic E-state index is 0.152. The SMILES string of the molecule is O=C(NNc1ccc([N+](=O)[O-])cn1)c1ccc(F)cc1. The maximum absolute atomic E-state index is 12.7. The first-order chi connectivity index (χ1) is 9.56. The molecule has 0 bridgehead atoms. The second-order valence-corrected chi connectivity index (χ2v) is 3.74. The van der Waals surface area contributed by atoms with Gasteiger partial charge in [0.2, 0.25) is 0 Å². The number of nitro groups is 1. The summed E-state index contributed by atoms with van der Waals surface area (Å²) in [6.45, 7) is 0. The molecule has 0 aliphatic heterocycles. The van der Waals surface area contributed by atoms with Crippen molar-refractivity contribution in [2.45, 2.75) is 0 Å². The monoisotopic (exact) mass is 276 g/mol. The Morgan fingerprint density at radius 1 is 1.20 bits per heavy atom. The van der Waals surface area contributed by atoms with Crippen molar-refractivity contribution in [2.24, 2.45) is 0 Å². The number of rotatable bonds is 4. The number of hydrogen-bond acceptors (Lipinski definition) is 5. The molecule has 2 N–H and O–H groups in total. The Bertz CT molecular complexity index is 628. The Kier molecular flexibility index (Phi) is 3.85. The second kappa shape index (κ2) is 5.74. The van der Waals surface area contributed by atoms with E-state index in [4.69, 9.17) is 0 Å². The summed E-state index contributed by atoms with van der Waals surface area (Å²) in [7, 11) is 0. The van der Waals surface area contributed by atoms with Crippen LogP contribution in [0, 0.1) is 15.9 Å². The number of hydrogen-bond donors (Lipinski definition) is 2. The van der Waals surface area contributed by atoms with Gasteiger partial charge in [-0.3, -0.25) is 25.8 Å². The van der Waals surface area contributed by atoms with E-state index in [9.17, 15) is 19.3 Å². The number of nitrogens with one attached hydrogen (secondary N) is 2. The largest absolute Gasteiger partial charge is 0.287 e. The lowest BCUT2D eigenvalue weighted by Gasteiger charge is -2.07. The normalized spacial score (nSPS) is 9.85. The van der Waals surface area contributed by atoms with E-state index in [0.717, 1.165) is 6.20 Å². The summed E-state index contributed by atoms with van der Waals surface area (Å²) in [5.74, 6) is -0.678. The van der Waals surface area contributed by atoms with E-state index in [1.165, 1.54) is 36.4 Å². The Morgan fingerprint density at radius 2 is 1.90 bits per heavy atom. The smallest absolute Gasteiger partial charge is 0.282 e. The van der Waals surface area contributed by atoms with E-state index < -0.39 is 16.6 Å². The van der Waals surface area contributed by atoms with Gasteiger partial charge in [0.1, 0.15) is 17.8 Å². The van der Waals surface area contributed by atoms with Crippen LogP contribution in [0.4, 0.5) is 15.9 Å². The number of aromatic nitrogens is 1. The van der Waals surface area contributed by atoms with Crippen LogP contribution in [0.25, 0.3) is 0 Å².